The van der Waals surface area contributed by atoms with Gasteiger partial charge in [0.15, 0.2) is 0 Å². The molecule has 0 saturated carbocycles. The van der Waals surface area contributed by atoms with E-state index in [0.29, 0.717) is 12.1 Å². The fourth-order valence-electron chi connectivity index (χ4n) is 1.57. The zero-order valence-electron chi connectivity index (χ0n) is 9.64. The summed E-state index contributed by atoms with van der Waals surface area (Å²) in [4.78, 5) is 15.2. The Morgan fingerprint density at radius 2 is 2.00 bits per heavy atom. The van der Waals surface area contributed by atoms with Crippen molar-refractivity contribution in [2.24, 2.45) is 10.9 Å². The highest BCUT2D eigenvalue weighted by Gasteiger charge is 2.12. The Bertz CT molecular complexity index is 371. The number of benzene rings is 1. The molecule has 0 aliphatic rings. The van der Waals surface area contributed by atoms with Crippen LogP contribution in [0, 0.1) is 5.92 Å². The smallest absolute Gasteiger partial charge is 0.0629 e. The molecule has 0 radical (unpaired) electrons. The van der Waals surface area contributed by atoms with Crippen LogP contribution >= 0.6 is 0 Å². The van der Waals surface area contributed by atoms with Crippen LogP contribution < -0.4 is 5.11 Å². The van der Waals surface area contributed by atoms with E-state index >= 15 is 0 Å². The molecule has 1 atom stereocenters. The largest absolute Gasteiger partial charge is 0.549 e. The fraction of sp³-hybridized carbons (Fsp3) is 0.385. The third kappa shape index (κ3) is 3.50. The maximum absolute atomic E-state index is 10.9. The van der Waals surface area contributed by atoms with Crippen molar-refractivity contribution in [3.8, 4) is 0 Å². The number of hydrogen-bond donors (Lipinski definition) is 0. The van der Waals surface area contributed by atoms with Crippen LogP contribution in [0.15, 0.2) is 35.3 Å². The lowest BCUT2D eigenvalue weighted by atomic mass is 9.99. The second kappa shape index (κ2) is 6.05. The highest BCUT2D eigenvalue weighted by atomic mass is 16.4. The van der Waals surface area contributed by atoms with Crippen molar-refractivity contribution >= 4 is 17.4 Å². The molecule has 0 aliphatic carbocycles. The van der Waals surface area contributed by atoms with Gasteiger partial charge >= 0.3 is 0 Å². The number of nitrogens with zero attached hydrogens (tertiary/aromatic N) is 1. The molecule has 1 rings (SSSR count). The van der Waals surface area contributed by atoms with E-state index in [-0.39, 0.29) is 0 Å². The average Bonchev–Trinajstić information content (AvgIpc) is 2.26. The number of carbonyl (C=O) groups excluding carboxylic acids is 1. The molecule has 0 heterocycles. The molecule has 3 nitrogen and oxygen atoms in total. The van der Waals surface area contributed by atoms with E-state index in [1.54, 1.807) is 6.92 Å². The monoisotopic (exact) mass is 218 g/mol. The molecule has 0 spiro atoms. The predicted molar refractivity (Wildman–Crippen MR) is 62.6 cm³/mol. The number of hydrogen-bond acceptors (Lipinski definition) is 3. The first-order chi connectivity index (χ1) is 7.65. The Hall–Kier alpha value is -1.64. The number of aliphatic imine (C=N–C) groups is 1. The maximum Gasteiger partial charge on any atom is 0.0629 e. The van der Waals surface area contributed by atoms with Gasteiger partial charge in [-0.3, -0.25) is 4.99 Å². The van der Waals surface area contributed by atoms with Crippen LogP contribution in [0.1, 0.15) is 26.7 Å². The minimum atomic E-state index is -1.04. The van der Waals surface area contributed by atoms with Crippen molar-refractivity contribution in [2.75, 3.05) is 0 Å². The molecule has 1 aromatic rings. The van der Waals surface area contributed by atoms with E-state index < -0.39 is 11.9 Å². The van der Waals surface area contributed by atoms with Gasteiger partial charge in [-0.15, -0.1) is 0 Å². The lowest BCUT2D eigenvalue weighted by Gasteiger charge is -2.16. The minimum absolute atomic E-state index is 0.574. The Labute approximate surface area is 95.8 Å². The van der Waals surface area contributed by atoms with Crippen molar-refractivity contribution in [1.29, 1.82) is 0 Å². The van der Waals surface area contributed by atoms with Gasteiger partial charge in [-0.2, -0.15) is 0 Å². The Kier molecular flexibility index (Phi) is 4.70. The summed E-state index contributed by atoms with van der Waals surface area (Å²) in [6.07, 6.45) is 1.38. The summed E-state index contributed by atoms with van der Waals surface area (Å²) >= 11 is 0. The second-order valence-electron chi connectivity index (χ2n) is 3.75. The van der Waals surface area contributed by atoms with Crippen molar-refractivity contribution in [2.45, 2.75) is 26.7 Å². The van der Waals surface area contributed by atoms with Crippen LogP contribution in [-0.2, 0) is 4.79 Å². The minimum Gasteiger partial charge on any atom is -0.549 e. The maximum atomic E-state index is 10.9. The molecule has 0 bridgehead atoms. The summed E-state index contributed by atoms with van der Waals surface area (Å²) in [5.74, 6) is -1.62. The SMILES string of the molecule is CCCC(C(=O)[O-])C(C)=Nc1ccccc1. The van der Waals surface area contributed by atoms with Gasteiger partial charge in [-0.25, -0.2) is 0 Å². The van der Waals surface area contributed by atoms with Crippen LogP contribution in [0.25, 0.3) is 0 Å². The third-order valence-corrected chi connectivity index (χ3v) is 2.43. The van der Waals surface area contributed by atoms with Crippen molar-refractivity contribution < 1.29 is 9.90 Å². The van der Waals surface area contributed by atoms with Crippen LogP contribution in [0.5, 0.6) is 0 Å². The normalized spacial score (nSPS) is 13.5. The quantitative estimate of drug-likeness (QED) is 0.709. The first-order valence-corrected chi connectivity index (χ1v) is 5.46. The van der Waals surface area contributed by atoms with Crippen molar-refractivity contribution in [3.63, 3.8) is 0 Å². The molecule has 0 amide bonds. The van der Waals surface area contributed by atoms with Crippen LogP contribution in [0.2, 0.25) is 0 Å². The topological polar surface area (TPSA) is 52.5 Å². The summed E-state index contributed by atoms with van der Waals surface area (Å²) in [5, 5.41) is 10.9. The van der Waals surface area contributed by atoms with Gasteiger partial charge in [-0.1, -0.05) is 31.5 Å². The van der Waals surface area contributed by atoms with E-state index in [9.17, 15) is 9.90 Å². The molecule has 16 heavy (non-hydrogen) atoms. The fourth-order valence-corrected chi connectivity index (χ4v) is 1.57. The molecule has 0 saturated heterocycles. The second-order valence-corrected chi connectivity index (χ2v) is 3.75. The lowest BCUT2D eigenvalue weighted by Crippen LogP contribution is -2.35. The highest BCUT2D eigenvalue weighted by molar-refractivity contribution is 6.00. The van der Waals surface area contributed by atoms with Gasteiger partial charge in [-0.05, 0) is 25.5 Å². The van der Waals surface area contributed by atoms with Gasteiger partial charge in [0.1, 0.15) is 0 Å². The van der Waals surface area contributed by atoms with Gasteiger partial charge in [0.25, 0.3) is 0 Å². The number of carboxylic acids is 1. The summed E-state index contributed by atoms with van der Waals surface area (Å²) in [7, 11) is 0. The first kappa shape index (κ1) is 12.4. The number of para-hydroxylation sites is 1. The lowest BCUT2D eigenvalue weighted by molar-refractivity contribution is -0.309. The van der Waals surface area contributed by atoms with Gasteiger partial charge in [0.2, 0.25) is 0 Å². The molecule has 0 fully saturated rings. The average molecular weight is 218 g/mol. The van der Waals surface area contributed by atoms with Crippen molar-refractivity contribution in [3.05, 3.63) is 30.3 Å². The third-order valence-electron chi connectivity index (χ3n) is 2.43. The van der Waals surface area contributed by atoms with E-state index in [0.717, 1.165) is 12.1 Å². The molecule has 1 unspecified atom stereocenters. The Morgan fingerprint density at radius 1 is 1.38 bits per heavy atom. The molecule has 1 aromatic carbocycles. The van der Waals surface area contributed by atoms with E-state index in [1.165, 1.54) is 0 Å². The van der Waals surface area contributed by atoms with Gasteiger partial charge < -0.3 is 9.90 Å². The van der Waals surface area contributed by atoms with E-state index in [2.05, 4.69) is 4.99 Å². The standard InChI is InChI=1S/C13H17NO2/c1-3-7-12(13(15)16)10(2)14-11-8-5-4-6-9-11/h4-6,8-9,12H,3,7H2,1-2H3,(H,15,16)/p-1. The first-order valence-electron chi connectivity index (χ1n) is 5.46. The molecule has 0 aliphatic heterocycles. The predicted octanol–water partition coefficient (Wildman–Crippen LogP) is 1.95. The molecular weight excluding hydrogens is 202 g/mol. The highest BCUT2D eigenvalue weighted by Crippen LogP contribution is 2.15. The Morgan fingerprint density at radius 3 is 2.50 bits per heavy atom. The summed E-state index contributed by atoms with van der Waals surface area (Å²) in [6, 6.07) is 9.35. The van der Waals surface area contributed by atoms with Crippen LogP contribution in [-0.4, -0.2) is 11.7 Å². The summed E-state index contributed by atoms with van der Waals surface area (Å²) in [6.45, 7) is 3.69. The summed E-state index contributed by atoms with van der Waals surface area (Å²) in [5.41, 5.74) is 1.38. The van der Waals surface area contributed by atoms with E-state index in [4.69, 9.17) is 0 Å². The molecule has 0 N–H and O–H groups in total. The molecular formula is C13H16NO2-. The molecule has 0 aromatic heterocycles. The Balaban J connectivity index is 2.86. The number of carboxylic acid groups (broad SMARTS) is 1. The van der Waals surface area contributed by atoms with Crippen molar-refractivity contribution in [1.82, 2.24) is 0 Å². The van der Waals surface area contributed by atoms with Gasteiger partial charge in [0, 0.05) is 11.6 Å². The zero-order chi connectivity index (χ0) is 12.0. The van der Waals surface area contributed by atoms with Crippen LogP contribution in [0.3, 0.4) is 0 Å². The van der Waals surface area contributed by atoms with E-state index in [1.807, 2.05) is 37.3 Å². The van der Waals surface area contributed by atoms with Gasteiger partial charge in [0.05, 0.1) is 11.7 Å². The molecule has 3 heteroatoms. The number of aliphatic carboxylic acids is 1. The zero-order valence-corrected chi connectivity index (χ0v) is 9.64. The number of rotatable bonds is 5. The summed E-state index contributed by atoms with van der Waals surface area (Å²) < 4.78 is 0. The molecule has 86 valence electrons. The number of carbonyl (C=O) groups is 1. The van der Waals surface area contributed by atoms with Crippen LogP contribution in [0.4, 0.5) is 5.69 Å².